The molecule has 2 unspecified atom stereocenters. The van der Waals surface area contributed by atoms with Gasteiger partial charge in [0.25, 0.3) is 0 Å². The molecule has 3 amide bonds. The van der Waals surface area contributed by atoms with Crippen LogP contribution in [0.4, 0.5) is 47.3 Å². The third-order valence-electron chi connectivity index (χ3n) is 23.1. The van der Waals surface area contributed by atoms with Gasteiger partial charge in [0.15, 0.2) is 5.78 Å². The molecule has 25 nitrogen and oxygen atoms in total. The Morgan fingerprint density at radius 2 is 0.922 bits per heavy atom. The average molecular weight is 1690 g/mol. The molecule has 17 rings (SSSR count). The van der Waals surface area contributed by atoms with Crippen molar-refractivity contribution in [3.8, 4) is 0 Å². The fourth-order valence-corrected chi connectivity index (χ4v) is 19.4. The number of nitrogen functional groups attached to an aromatic ring is 3. The molecule has 0 aliphatic carbocycles. The summed E-state index contributed by atoms with van der Waals surface area (Å²) in [5.41, 5.74) is 20.5. The fraction of sp³-hybridized carbons (Fsp3) is 0.247. The maximum atomic E-state index is 15.6. The molecular weight excluding hydrogens is 1620 g/mol. The van der Waals surface area contributed by atoms with Crippen LogP contribution in [0.1, 0.15) is 135 Å². The van der Waals surface area contributed by atoms with Crippen LogP contribution >= 0.6 is 69.6 Å². The Kier molecular flexibility index (Phi) is 21.3. The van der Waals surface area contributed by atoms with Crippen LogP contribution in [0.5, 0.6) is 0 Å². The number of fused-ring (bicyclic) bond motifs is 8. The first-order valence-electron chi connectivity index (χ1n) is 35.7. The number of nitro groups is 1. The molecule has 14 N–H and O–H groups in total. The summed E-state index contributed by atoms with van der Waals surface area (Å²) in [7, 11) is 3.79. The Morgan fingerprint density at radius 1 is 0.513 bits per heavy atom. The first kappa shape index (κ1) is 79.8. The molecule has 0 radical (unpaired) electrons. The van der Waals surface area contributed by atoms with Gasteiger partial charge in [0.1, 0.15) is 34.1 Å². The Hall–Kier alpha value is -10.4. The average Bonchev–Trinajstić information content (AvgIpc) is 1.54. The van der Waals surface area contributed by atoms with Crippen LogP contribution in [0.3, 0.4) is 0 Å². The molecule has 14 atom stereocenters. The van der Waals surface area contributed by atoms with Gasteiger partial charge < -0.3 is 57.9 Å². The molecule has 0 aromatic heterocycles. The van der Waals surface area contributed by atoms with Gasteiger partial charge in [-0.05, 0) is 132 Å². The number of hydrogen-bond donors (Lipinski definition) is 11. The number of rotatable bonds is 12. The van der Waals surface area contributed by atoms with E-state index in [4.69, 9.17) is 96.3 Å². The van der Waals surface area contributed by atoms with Crippen molar-refractivity contribution in [2.45, 2.75) is 102 Å². The van der Waals surface area contributed by atoms with E-state index in [-0.39, 0.29) is 78.5 Å². The van der Waals surface area contributed by atoms with Gasteiger partial charge in [-0.2, -0.15) is 5.06 Å². The molecule has 8 heterocycles. The molecule has 5 fully saturated rings. The minimum absolute atomic E-state index is 0.0111. The molecule has 34 heteroatoms. The molecule has 8 aliphatic rings. The second-order valence-corrected chi connectivity index (χ2v) is 31.5. The van der Waals surface area contributed by atoms with Crippen LogP contribution in [-0.2, 0) is 45.2 Å². The van der Waals surface area contributed by atoms with Gasteiger partial charge in [-0.25, -0.2) is 27.6 Å². The van der Waals surface area contributed by atoms with E-state index in [0.717, 1.165) is 10.6 Å². The number of carbonyl (C=O) groups is 7. The van der Waals surface area contributed by atoms with Gasteiger partial charge in [0.2, 0.25) is 23.8 Å². The highest BCUT2D eigenvalue weighted by Crippen LogP contribution is 2.61. The lowest BCUT2D eigenvalue weighted by molar-refractivity contribution is -0.526. The summed E-state index contributed by atoms with van der Waals surface area (Å²) in [4.78, 5) is 102. The van der Waals surface area contributed by atoms with Crippen LogP contribution in [0.15, 0.2) is 164 Å². The van der Waals surface area contributed by atoms with Crippen molar-refractivity contribution < 1.29 is 71.1 Å². The predicted octanol–water partition coefficient (Wildman–Crippen LogP) is 13.4. The van der Waals surface area contributed by atoms with Crippen LogP contribution in [0.25, 0.3) is 0 Å². The molecular formula is C81H67Cl6F3N12O13. The number of nitrogens with zero attached hydrogens (tertiary/aromatic N) is 2. The van der Waals surface area contributed by atoms with Crippen LogP contribution in [0.2, 0.25) is 30.1 Å². The lowest BCUT2D eigenvalue weighted by Gasteiger charge is -2.36. The number of carbonyl (C=O) groups excluding carboxylic acids is 7. The number of hydroxylamine groups is 2. The SMILES string of the molecule is COC(=O)c1ccc(C(=O)C[C@@H]2N[C@@]3(C(=O)Nc4cc(Cl)ccc43)[C@@H](c3cccc(Cl)c3F)[C@@H]2[N+](=O)[O-])c(N)c1.COC(=O)c1ccc(C2C[C@@H]3N[C@@]4(C(=O)Nc5cc(Cl)ccc54)[C@@H](c4cccc(Cl)c4F)[C@@H]3N2)c(N)c1.COC(=O)c1ccc(C2C[C@@H]3N[C@@]4(C(=O)Nc5cc(Cl)ccc54)[C@@H](c4cccc(Cl)c4F)[C@@H]3N2O)c(N)c1. The summed E-state index contributed by atoms with van der Waals surface area (Å²) < 4.78 is 60.8. The first-order chi connectivity index (χ1) is 54.9. The molecule has 0 saturated carbocycles. The van der Waals surface area contributed by atoms with E-state index in [0.29, 0.717) is 89.7 Å². The number of amides is 3. The number of benzene rings is 9. The smallest absolute Gasteiger partial charge is 0.337 e. The van der Waals surface area contributed by atoms with E-state index < -0.39 is 123 Å². The van der Waals surface area contributed by atoms with E-state index >= 15 is 13.2 Å². The van der Waals surface area contributed by atoms with E-state index in [2.05, 4.69) is 42.0 Å². The van der Waals surface area contributed by atoms with Gasteiger partial charge in [-0.3, -0.25) is 45.2 Å². The minimum atomic E-state index is -1.82. The first-order valence-corrected chi connectivity index (χ1v) is 38.0. The number of Topliss-reactive ketones (excluding diaryl/α,β-unsaturated/α-hetero) is 1. The topological polar surface area (TPSA) is 376 Å². The summed E-state index contributed by atoms with van der Waals surface area (Å²) >= 11 is 36.9. The van der Waals surface area contributed by atoms with Crippen LogP contribution in [-0.4, -0.2) is 114 Å². The zero-order chi connectivity index (χ0) is 81.9. The predicted molar refractivity (Wildman–Crippen MR) is 424 cm³/mol. The van der Waals surface area contributed by atoms with Gasteiger partial charge in [-0.1, -0.05) is 136 Å². The van der Waals surface area contributed by atoms with Crippen molar-refractivity contribution >= 4 is 145 Å². The van der Waals surface area contributed by atoms with E-state index in [1.54, 1.807) is 91.0 Å². The third-order valence-corrected chi connectivity index (χ3v) is 24.7. The standard InChI is InChI=1S/C27H21Cl2FN4O6.C27H23Cl2FN4O4.C27H23Cl2FN4O3/c1-40-25(36)12-5-7-14(18(31)9-12)21(35)11-20-24(34(38)39)22(15-3-2-4-17(29)23(15)30)27(33-20)16-8-6-13(28)10-19(16)32-26(27)37;1-38-25(35)12-5-7-14(18(31)9-12)21-11-20-24(34(21)37)22(15-3-2-4-17(29)23(15)30)27(33-20)16-8-6-13(28)10-19(16)32-26(27)36;1-37-25(35)12-5-7-14(18(31)9-12)19-11-21-24(32-19)22(15-3-2-4-17(29)23(15)30)27(34-21)16-8-6-13(28)10-20(16)33-26(27)36/h2-10,20,22,24,33H,11,31H2,1H3,(H,32,37);2-10,20-22,24,33,37H,11,31H2,1H3,(H,32,36);2-10,19,21-22,24,32,34H,11,31H2,1H3,(H,33,36)/t20-,22-,24+,27+;20-,21?,22-,24+,27+;19?,21-,22-,24+,27+/m000/s1. The van der Waals surface area contributed by atoms with Gasteiger partial charge >= 0.3 is 17.9 Å². The quantitative estimate of drug-likeness (QED) is 0.0135. The highest BCUT2D eigenvalue weighted by molar-refractivity contribution is 6.33. The molecule has 0 bridgehead atoms. The van der Waals surface area contributed by atoms with Gasteiger partial charge in [0.05, 0.1) is 77.1 Å². The number of ketones is 1. The van der Waals surface area contributed by atoms with Crippen LogP contribution < -0.4 is 54.4 Å². The number of nitrogens with two attached hydrogens (primary N) is 3. The maximum absolute atomic E-state index is 15.6. The van der Waals surface area contributed by atoms with E-state index in [1.807, 2.05) is 0 Å². The molecule has 115 heavy (non-hydrogen) atoms. The van der Waals surface area contributed by atoms with Crippen molar-refractivity contribution in [1.29, 1.82) is 0 Å². The van der Waals surface area contributed by atoms with Gasteiger partial charge in [-0.15, -0.1) is 0 Å². The molecule has 9 aromatic carbocycles. The largest absolute Gasteiger partial charge is 0.465 e. The number of hydrogen-bond acceptors (Lipinski definition) is 21. The molecule has 5 saturated heterocycles. The second kappa shape index (κ2) is 30.6. The van der Waals surface area contributed by atoms with Gasteiger partial charge in [0, 0.05) is 124 Å². The monoisotopic (exact) mass is 1680 g/mol. The summed E-state index contributed by atoms with van der Waals surface area (Å²) in [6.45, 7) is 0. The summed E-state index contributed by atoms with van der Waals surface area (Å²) in [5.74, 6) is -8.58. The van der Waals surface area contributed by atoms with E-state index in [9.17, 15) is 48.9 Å². The summed E-state index contributed by atoms with van der Waals surface area (Å²) in [5, 5.41) is 48.4. The fourth-order valence-electron chi connectivity index (χ4n) is 18.3. The lowest BCUT2D eigenvalue weighted by atomic mass is 9.74. The minimum Gasteiger partial charge on any atom is -0.465 e. The number of methoxy groups -OCH3 is 3. The Morgan fingerprint density at radius 3 is 1.37 bits per heavy atom. The van der Waals surface area contributed by atoms with Crippen molar-refractivity contribution in [2.24, 2.45) is 0 Å². The maximum Gasteiger partial charge on any atom is 0.337 e. The lowest BCUT2D eigenvalue weighted by Crippen LogP contribution is -2.50. The number of anilines is 6. The van der Waals surface area contributed by atoms with Crippen LogP contribution in [0, 0.1) is 27.6 Å². The third kappa shape index (κ3) is 13.2. The van der Waals surface area contributed by atoms with Crippen molar-refractivity contribution in [3.63, 3.8) is 0 Å². The highest BCUT2D eigenvalue weighted by atomic mass is 35.5. The Balaban J connectivity index is 0.000000136. The molecule has 3 spiro atoms. The molecule has 592 valence electrons. The number of esters is 3. The number of halogens is 9. The molecule has 9 aromatic rings. The Bertz CT molecular complexity index is 5640. The molecule has 8 aliphatic heterocycles. The van der Waals surface area contributed by atoms with Crippen molar-refractivity contribution in [2.75, 3.05) is 54.5 Å². The highest BCUT2D eigenvalue weighted by Gasteiger charge is 2.70. The van der Waals surface area contributed by atoms with Crippen molar-refractivity contribution in [1.82, 2.24) is 26.3 Å². The normalized spacial score (nSPS) is 26.2. The summed E-state index contributed by atoms with van der Waals surface area (Å²) in [6, 6.07) is 36.8. The summed E-state index contributed by atoms with van der Waals surface area (Å²) in [6.07, 6.45) is 0.479. The number of nitrogens with one attached hydrogen (secondary N) is 7. The van der Waals surface area contributed by atoms with Crippen molar-refractivity contribution in [3.05, 3.63) is 288 Å². The van der Waals surface area contributed by atoms with E-state index in [1.165, 1.54) is 94.1 Å². The zero-order valence-electron chi connectivity index (χ0n) is 60.4. The second-order valence-electron chi connectivity index (χ2n) is 28.9. The Labute approximate surface area is 683 Å². The number of ether oxygens (including phenoxy) is 3. The zero-order valence-corrected chi connectivity index (χ0v) is 65.0.